The van der Waals surface area contributed by atoms with Crippen molar-refractivity contribution >= 4 is 23.4 Å². The Labute approximate surface area is 233 Å². The lowest BCUT2D eigenvalue weighted by molar-refractivity contribution is -0.132. The molecule has 2 atom stereocenters. The summed E-state index contributed by atoms with van der Waals surface area (Å²) < 4.78 is 12.1. The lowest BCUT2D eigenvalue weighted by Gasteiger charge is -2.39. The third kappa shape index (κ3) is 5.72. The standard InChI is InChI=1S/C29H36ClN3O6/c1-31(2)28(37)25-4-3-11-33(25)27(36)23-7-6-21(34)15-26(23)38-18-22(35)16-32-12-9-29(10-13-32)24-8-5-20(30)14-19(24)17-39-29/h5-8,14-15,22,25,34-35H,3-4,9-13,16-18H2,1-2H3/t22-,25+/m1/s1. The Hall–Kier alpha value is -2.85. The second kappa shape index (κ2) is 11.3. The minimum atomic E-state index is -0.796. The van der Waals surface area contributed by atoms with E-state index >= 15 is 0 Å². The first-order valence-electron chi connectivity index (χ1n) is 13.5. The number of amides is 2. The number of piperidine rings is 1. The van der Waals surface area contributed by atoms with E-state index in [9.17, 15) is 19.8 Å². The molecule has 0 radical (unpaired) electrons. The van der Waals surface area contributed by atoms with E-state index in [0.29, 0.717) is 31.1 Å². The number of benzene rings is 2. The van der Waals surface area contributed by atoms with E-state index in [4.69, 9.17) is 21.1 Å². The molecule has 0 saturated carbocycles. The van der Waals surface area contributed by atoms with Gasteiger partial charge in [0, 0.05) is 51.4 Å². The number of aromatic hydroxyl groups is 1. The number of hydrogen-bond donors (Lipinski definition) is 2. The first kappa shape index (κ1) is 27.7. The first-order valence-corrected chi connectivity index (χ1v) is 13.9. The van der Waals surface area contributed by atoms with Crippen LogP contribution >= 0.6 is 11.6 Å². The van der Waals surface area contributed by atoms with Gasteiger partial charge in [-0.2, -0.15) is 0 Å². The van der Waals surface area contributed by atoms with Crippen molar-refractivity contribution in [1.82, 2.24) is 14.7 Å². The minimum Gasteiger partial charge on any atom is -0.508 e. The number of likely N-dealkylation sites (N-methyl/N-ethyl adjacent to an activating group) is 1. The molecule has 0 bridgehead atoms. The summed E-state index contributed by atoms with van der Waals surface area (Å²) in [6.45, 7) is 2.96. The van der Waals surface area contributed by atoms with Gasteiger partial charge in [-0.3, -0.25) is 9.59 Å². The summed E-state index contributed by atoms with van der Waals surface area (Å²) >= 11 is 6.15. The maximum absolute atomic E-state index is 13.4. The largest absolute Gasteiger partial charge is 0.508 e. The van der Waals surface area contributed by atoms with Crippen molar-refractivity contribution in [1.29, 1.82) is 0 Å². The number of carbonyl (C=O) groups excluding carboxylic acids is 2. The Balaban J connectivity index is 1.18. The number of aliphatic hydroxyl groups excluding tert-OH is 1. The van der Waals surface area contributed by atoms with Crippen molar-refractivity contribution < 1.29 is 29.3 Å². The Bertz CT molecular complexity index is 1230. The van der Waals surface area contributed by atoms with Crippen LogP contribution in [0, 0.1) is 0 Å². The molecular weight excluding hydrogens is 522 g/mol. The number of halogens is 1. The summed E-state index contributed by atoms with van der Waals surface area (Å²) in [4.78, 5) is 31.3. The molecule has 10 heteroatoms. The summed E-state index contributed by atoms with van der Waals surface area (Å²) in [5.41, 5.74) is 2.32. The Kier molecular flexibility index (Phi) is 8.05. The molecule has 0 aliphatic carbocycles. The van der Waals surface area contributed by atoms with E-state index in [1.807, 2.05) is 12.1 Å². The smallest absolute Gasteiger partial charge is 0.258 e. The maximum Gasteiger partial charge on any atom is 0.258 e. The molecule has 5 rings (SSSR count). The van der Waals surface area contributed by atoms with Gasteiger partial charge < -0.3 is 34.4 Å². The van der Waals surface area contributed by atoms with Crippen LogP contribution < -0.4 is 4.74 Å². The molecule has 3 aliphatic rings. The van der Waals surface area contributed by atoms with Crippen molar-refractivity contribution in [2.45, 2.75) is 50.0 Å². The molecule has 0 aromatic heterocycles. The summed E-state index contributed by atoms with van der Waals surface area (Å²) in [6, 6.07) is 9.75. The first-order chi connectivity index (χ1) is 18.7. The van der Waals surface area contributed by atoms with Crippen molar-refractivity contribution in [3.63, 3.8) is 0 Å². The predicted molar refractivity (Wildman–Crippen MR) is 146 cm³/mol. The van der Waals surface area contributed by atoms with Crippen LogP contribution in [0.4, 0.5) is 0 Å². The molecule has 3 heterocycles. The number of phenols is 1. The highest BCUT2D eigenvalue weighted by Crippen LogP contribution is 2.44. The van der Waals surface area contributed by atoms with Gasteiger partial charge in [-0.05, 0) is 61.1 Å². The fraction of sp³-hybridized carbons (Fsp3) is 0.517. The highest BCUT2D eigenvalue weighted by atomic mass is 35.5. The molecular formula is C29H36ClN3O6. The molecule has 210 valence electrons. The number of ether oxygens (including phenoxy) is 2. The van der Waals surface area contributed by atoms with Gasteiger partial charge in [-0.15, -0.1) is 0 Å². The van der Waals surface area contributed by atoms with E-state index in [0.717, 1.165) is 37.9 Å². The SMILES string of the molecule is CN(C)C(=O)[C@@H]1CCCN1C(=O)c1ccc(O)cc1OC[C@H](O)CN1CCC2(CC1)OCc1cc(Cl)ccc12. The van der Waals surface area contributed by atoms with Crippen molar-refractivity contribution in [3.8, 4) is 11.5 Å². The van der Waals surface area contributed by atoms with E-state index in [1.165, 1.54) is 28.7 Å². The number of fused-ring (bicyclic) bond motifs is 2. The lowest BCUT2D eigenvalue weighted by Crippen LogP contribution is -2.46. The van der Waals surface area contributed by atoms with Gasteiger partial charge in [0.25, 0.3) is 5.91 Å². The molecule has 1 spiro atoms. The minimum absolute atomic E-state index is 0.0384. The van der Waals surface area contributed by atoms with E-state index < -0.39 is 12.1 Å². The van der Waals surface area contributed by atoms with Gasteiger partial charge in [0.15, 0.2) is 0 Å². The van der Waals surface area contributed by atoms with Crippen LogP contribution in [0.15, 0.2) is 36.4 Å². The lowest BCUT2D eigenvalue weighted by atomic mass is 9.84. The maximum atomic E-state index is 13.4. The molecule has 39 heavy (non-hydrogen) atoms. The third-order valence-electron chi connectivity index (χ3n) is 8.06. The monoisotopic (exact) mass is 557 g/mol. The fourth-order valence-corrected chi connectivity index (χ4v) is 6.19. The molecule has 2 aromatic carbocycles. The average molecular weight is 558 g/mol. The number of nitrogens with zero attached hydrogens (tertiary/aromatic N) is 3. The second-order valence-electron chi connectivity index (χ2n) is 10.9. The van der Waals surface area contributed by atoms with Gasteiger partial charge >= 0.3 is 0 Å². The van der Waals surface area contributed by atoms with Gasteiger partial charge in [-0.1, -0.05) is 17.7 Å². The predicted octanol–water partition coefficient (Wildman–Crippen LogP) is 3.00. The van der Waals surface area contributed by atoms with Gasteiger partial charge in [0.1, 0.15) is 30.3 Å². The Morgan fingerprint density at radius 2 is 1.95 bits per heavy atom. The highest BCUT2D eigenvalue weighted by molar-refractivity contribution is 6.30. The molecule has 2 aromatic rings. The zero-order valence-corrected chi connectivity index (χ0v) is 23.2. The van der Waals surface area contributed by atoms with Crippen LogP contribution in [0.3, 0.4) is 0 Å². The van der Waals surface area contributed by atoms with Crippen LogP contribution in [0.2, 0.25) is 5.02 Å². The molecule has 2 amide bonds. The molecule has 0 unspecified atom stereocenters. The summed E-state index contributed by atoms with van der Waals surface area (Å²) in [5.74, 6) is -0.292. The summed E-state index contributed by atoms with van der Waals surface area (Å²) in [5, 5.41) is 21.5. The number of aliphatic hydroxyl groups is 1. The number of likely N-dealkylation sites (tertiary alicyclic amines) is 2. The zero-order chi connectivity index (χ0) is 27.7. The number of β-amino-alcohol motifs (C(OH)–C–C–N with tert-alkyl or cyclic N) is 1. The van der Waals surface area contributed by atoms with Gasteiger partial charge in [-0.25, -0.2) is 0 Å². The average Bonchev–Trinajstić information content (AvgIpc) is 3.53. The van der Waals surface area contributed by atoms with Crippen LogP contribution in [-0.2, 0) is 21.7 Å². The molecule has 2 fully saturated rings. The molecule has 3 aliphatic heterocycles. The summed E-state index contributed by atoms with van der Waals surface area (Å²) in [7, 11) is 3.36. The van der Waals surface area contributed by atoms with Gasteiger partial charge in [0.05, 0.1) is 17.8 Å². The van der Waals surface area contributed by atoms with E-state index in [-0.39, 0.29) is 41.1 Å². The summed E-state index contributed by atoms with van der Waals surface area (Å²) in [6.07, 6.45) is 2.20. The van der Waals surface area contributed by atoms with Crippen molar-refractivity contribution in [3.05, 3.63) is 58.1 Å². The molecule has 9 nitrogen and oxygen atoms in total. The van der Waals surface area contributed by atoms with Crippen LogP contribution in [0.5, 0.6) is 11.5 Å². The van der Waals surface area contributed by atoms with Gasteiger partial charge in [0.2, 0.25) is 5.91 Å². The van der Waals surface area contributed by atoms with E-state index in [1.54, 1.807) is 19.0 Å². The number of hydrogen-bond acceptors (Lipinski definition) is 7. The third-order valence-corrected chi connectivity index (χ3v) is 8.30. The highest BCUT2D eigenvalue weighted by Gasteiger charge is 2.43. The van der Waals surface area contributed by atoms with Crippen molar-refractivity contribution in [2.75, 3.05) is 46.9 Å². The van der Waals surface area contributed by atoms with Crippen LogP contribution in [-0.4, -0.2) is 95.8 Å². The number of rotatable bonds is 7. The Morgan fingerprint density at radius 3 is 2.69 bits per heavy atom. The van der Waals surface area contributed by atoms with E-state index in [2.05, 4.69) is 11.0 Å². The fourth-order valence-electron chi connectivity index (χ4n) is 5.99. The quantitative estimate of drug-likeness (QED) is 0.539. The van der Waals surface area contributed by atoms with Crippen LogP contribution in [0.1, 0.15) is 47.2 Å². The van der Waals surface area contributed by atoms with Crippen molar-refractivity contribution in [2.24, 2.45) is 0 Å². The normalized spacial score (nSPS) is 21.1. The number of phenolic OH excluding ortho intramolecular Hbond substituents is 1. The second-order valence-corrected chi connectivity index (χ2v) is 11.4. The molecule has 2 N–H and O–H groups in total. The number of carbonyl (C=O) groups is 2. The molecule has 2 saturated heterocycles. The van der Waals surface area contributed by atoms with Crippen LogP contribution in [0.25, 0.3) is 0 Å². The Morgan fingerprint density at radius 1 is 1.18 bits per heavy atom. The zero-order valence-electron chi connectivity index (χ0n) is 22.4. The topological polar surface area (TPSA) is 103 Å².